The van der Waals surface area contributed by atoms with E-state index in [1.807, 2.05) is 45.0 Å². The molecule has 0 amide bonds. The highest BCUT2D eigenvalue weighted by atomic mass is 32.2. The molecule has 4 rings (SSSR count). The van der Waals surface area contributed by atoms with Gasteiger partial charge in [-0.2, -0.15) is 0 Å². The first kappa shape index (κ1) is 21.9. The predicted octanol–water partition coefficient (Wildman–Crippen LogP) is 3.87. The van der Waals surface area contributed by atoms with E-state index in [1.54, 1.807) is 19.3 Å². The Balaban J connectivity index is 1.74. The van der Waals surface area contributed by atoms with E-state index >= 15 is 0 Å². The Morgan fingerprint density at radius 1 is 1.03 bits per heavy atom. The Kier molecular flexibility index (Phi) is 5.68. The zero-order valence-corrected chi connectivity index (χ0v) is 19.7. The van der Waals surface area contributed by atoms with Crippen LogP contribution < -0.4 is 9.62 Å². The van der Waals surface area contributed by atoms with Gasteiger partial charge in [0.2, 0.25) is 10.0 Å². The second-order valence-electron chi connectivity index (χ2n) is 8.06. The summed E-state index contributed by atoms with van der Waals surface area (Å²) in [5, 5.41) is 3.40. The number of anilines is 3. The Morgan fingerprint density at radius 3 is 2.50 bits per heavy atom. The molecule has 1 aliphatic heterocycles. The van der Waals surface area contributed by atoms with Crippen LogP contribution in [0.1, 0.15) is 35.4 Å². The molecule has 0 fully saturated rings. The summed E-state index contributed by atoms with van der Waals surface area (Å²) >= 11 is 0. The van der Waals surface area contributed by atoms with Crippen molar-refractivity contribution in [2.45, 2.75) is 33.6 Å². The molecule has 9 heteroatoms. The average Bonchev–Trinajstić information content (AvgIpc) is 3.10. The number of sulfonamides is 1. The number of hydrogen-bond acceptors (Lipinski definition) is 7. The molecule has 3 aromatic rings. The SMILES string of the molecule is CC1=Nc2c(Nc3ccccc3N(C)S(C)(=O)=O)cc(Cc3cnc(C)c(C)n3)nc2C1. The molecule has 1 aromatic carbocycles. The quantitative estimate of drug-likeness (QED) is 0.612. The van der Waals surface area contributed by atoms with Crippen molar-refractivity contribution in [3.05, 3.63) is 65.0 Å². The molecule has 32 heavy (non-hydrogen) atoms. The summed E-state index contributed by atoms with van der Waals surface area (Å²) in [7, 11) is -1.87. The van der Waals surface area contributed by atoms with E-state index in [-0.39, 0.29) is 0 Å². The minimum Gasteiger partial charge on any atom is -0.352 e. The van der Waals surface area contributed by atoms with Gasteiger partial charge in [-0.3, -0.25) is 24.2 Å². The predicted molar refractivity (Wildman–Crippen MR) is 128 cm³/mol. The van der Waals surface area contributed by atoms with Crippen molar-refractivity contribution in [3.63, 3.8) is 0 Å². The number of hydrogen-bond donors (Lipinski definition) is 1. The average molecular weight is 451 g/mol. The molecular formula is C23H26N6O2S. The molecule has 3 heterocycles. The normalized spacial score (nSPS) is 13.0. The standard InChI is InChI=1S/C23H26N6O2S/c1-14-10-20-23(25-14)21(12-17(27-20)11-18-13-24-15(2)16(3)26-18)28-19-8-6-7-9-22(19)29(4)32(5,30)31/h6-9,12-13H,10-11H2,1-5H3,(H,27,28). The zero-order valence-electron chi connectivity index (χ0n) is 18.8. The Bertz CT molecular complexity index is 1330. The largest absolute Gasteiger partial charge is 0.352 e. The van der Waals surface area contributed by atoms with Gasteiger partial charge in [-0.25, -0.2) is 8.42 Å². The maximum atomic E-state index is 12.1. The van der Waals surface area contributed by atoms with Crippen molar-refractivity contribution in [2.24, 2.45) is 4.99 Å². The second-order valence-corrected chi connectivity index (χ2v) is 10.1. The van der Waals surface area contributed by atoms with Gasteiger partial charge in [-0.1, -0.05) is 12.1 Å². The summed E-state index contributed by atoms with van der Waals surface area (Å²) in [4.78, 5) is 18.5. The lowest BCUT2D eigenvalue weighted by Crippen LogP contribution is -2.25. The lowest BCUT2D eigenvalue weighted by atomic mass is 10.1. The molecule has 0 saturated carbocycles. The van der Waals surface area contributed by atoms with Crippen LogP contribution in [-0.2, 0) is 22.9 Å². The molecule has 0 unspecified atom stereocenters. The number of aliphatic imine (C=N–C) groups is 1. The summed E-state index contributed by atoms with van der Waals surface area (Å²) in [6, 6.07) is 9.25. The first-order valence-electron chi connectivity index (χ1n) is 10.3. The molecule has 1 N–H and O–H groups in total. The van der Waals surface area contributed by atoms with Gasteiger partial charge in [0.25, 0.3) is 0 Å². The van der Waals surface area contributed by atoms with Crippen molar-refractivity contribution in [3.8, 4) is 0 Å². The van der Waals surface area contributed by atoms with Crippen molar-refractivity contribution < 1.29 is 8.42 Å². The number of nitrogens with one attached hydrogen (secondary N) is 1. The Labute approximate surface area is 188 Å². The van der Waals surface area contributed by atoms with Crippen molar-refractivity contribution in [1.29, 1.82) is 0 Å². The first-order valence-corrected chi connectivity index (χ1v) is 12.1. The van der Waals surface area contributed by atoms with Crippen LogP contribution in [0.5, 0.6) is 0 Å². The molecular weight excluding hydrogens is 424 g/mol. The van der Waals surface area contributed by atoms with Crippen molar-refractivity contribution in [2.75, 3.05) is 22.9 Å². The van der Waals surface area contributed by atoms with Crippen LogP contribution in [0.15, 0.2) is 41.5 Å². The van der Waals surface area contributed by atoms with Gasteiger partial charge in [-0.05, 0) is 39.0 Å². The Morgan fingerprint density at radius 2 is 1.78 bits per heavy atom. The molecule has 8 nitrogen and oxygen atoms in total. The van der Waals surface area contributed by atoms with Crippen molar-refractivity contribution >= 4 is 38.5 Å². The first-order chi connectivity index (χ1) is 15.1. The number of pyridine rings is 1. The number of benzene rings is 1. The van der Waals surface area contributed by atoms with Crippen LogP contribution in [0.4, 0.5) is 22.7 Å². The maximum Gasteiger partial charge on any atom is 0.232 e. The highest BCUT2D eigenvalue weighted by Crippen LogP contribution is 2.38. The monoisotopic (exact) mass is 450 g/mol. The lowest BCUT2D eigenvalue weighted by molar-refractivity contribution is 0.600. The van der Waals surface area contributed by atoms with E-state index in [2.05, 4.69) is 20.3 Å². The number of rotatable bonds is 6. The lowest BCUT2D eigenvalue weighted by Gasteiger charge is -2.21. The van der Waals surface area contributed by atoms with E-state index < -0.39 is 10.0 Å². The molecule has 0 atom stereocenters. The van der Waals surface area contributed by atoms with Gasteiger partial charge in [0, 0.05) is 37.5 Å². The summed E-state index contributed by atoms with van der Waals surface area (Å²) in [5.74, 6) is 0. The molecule has 0 saturated heterocycles. The zero-order chi connectivity index (χ0) is 23.0. The summed E-state index contributed by atoms with van der Waals surface area (Å²) in [6.07, 6.45) is 4.19. The molecule has 0 radical (unpaired) electrons. The van der Waals surface area contributed by atoms with Crippen LogP contribution in [0.3, 0.4) is 0 Å². The van der Waals surface area contributed by atoms with Crippen LogP contribution in [0.2, 0.25) is 0 Å². The molecule has 1 aliphatic rings. The minimum absolute atomic E-state index is 0.542. The fourth-order valence-corrected chi connectivity index (χ4v) is 4.11. The maximum absolute atomic E-state index is 12.1. The van der Waals surface area contributed by atoms with Gasteiger partial charge < -0.3 is 5.32 Å². The third kappa shape index (κ3) is 4.47. The third-order valence-corrected chi connectivity index (χ3v) is 6.65. The number of aromatic nitrogens is 3. The van der Waals surface area contributed by atoms with E-state index in [0.717, 1.165) is 45.6 Å². The van der Waals surface area contributed by atoms with Crippen LogP contribution >= 0.6 is 0 Å². The third-order valence-electron chi connectivity index (χ3n) is 5.46. The minimum atomic E-state index is -3.41. The smallest absolute Gasteiger partial charge is 0.232 e. The van der Waals surface area contributed by atoms with Crippen LogP contribution in [0, 0.1) is 13.8 Å². The molecule has 0 bridgehead atoms. The summed E-state index contributed by atoms with van der Waals surface area (Å²) in [5.41, 5.74) is 8.19. The summed E-state index contributed by atoms with van der Waals surface area (Å²) in [6.45, 7) is 5.86. The molecule has 0 spiro atoms. The number of nitrogens with zero attached hydrogens (tertiary/aromatic N) is 5. The summed E-state index contributed by atoms with van der Waals surface area (Å²) < 4.78 is 25.5. The van der Waals surface area contributed by atoms with E-state index in [1.165, 1.54) is 10.6 Å². The topological polar surface area (TPSA) is 100 Å². The number of aryl methyl sites for hydroxylation is 2. The van der Waals surface area contributed by atoms with Crippen molar-refractivity contribution in [1.82, 2.24) is 15.0 Å². The van der Waals surface area contributed by atoms with Gasteiger partial charge in [0.1, 0.15) is 5.69 Å². The number of fused-ring (bicyclic) bond motifs is 1. The second kappa shape index (κ2) is 8.31. The van der Waals surface area contributed by atoms with Crippen LogP contribution in [-0.4, -0.2) is 42.4 Å². The van der Waals surface area contributed by atoms with Gasteiger partial charge in [0.15, 0.2) is 0 Å². The van der Waals surface area contributed by atoms with Crippen LogP contribution in [0.25, 0.3) is 0 Å². The van der Waals surface area contributed by atoms with Gasteiger partial charge in [-0.15, -0.1) is 0 Å². The highest BCUT2D eigenvalue weighted by Gasteiger charge is 2.21. The fourth-order valence-electron chi connectivity index (χ4n) is 3.59. The van der Waals surface area contributed by atoms with E-state index in [9.17, 15) is 8.42 Å². The molecule has 2 aromatic heterocycles. The van der Waals surface area contributed by atoms with Gasteiger partial charge in [0.05, 0.1) is 46.1 Å². The number of para-hydroxylation sites is 2. The van der Waals surface area contributed by atoms with E-state index in [4.69, 9.17) is 4.98 Å². The molecule has 0 aliphatic carbocycles. The Hall–Kier alpha value is -3.33. The fraction of sp³-hybridized carbons (Fsp3) is 0.304. The van der Waals surface area contributed by atoms with E-state index in [0.29, 0.717) is 24.2 Å². The van der Waals surface area contributed by atoms with Gasteiger partial charge >= 0.3 is 0 Å². The highest BCUT2D eigenvalue weighted by molar-refractivity contribution is 7.92. The molecule has 166 valence electrons.